The van der Waals surface area contributed by atoms with Gasteiger partial charge in [0.05, 0.1) is 5.69 Å². The number of anilines is 1. The third kappa shape index (κ3) is 8.78. The van der Waals surface area contributed by atoms with Gasteiger partial charge in [-0.25, -0.2) is 14.5 Å². The molecule has 0 bridgehead atoms. The highest BCUT2D eigenvalue weighted by molar-refractivity contribution is 6.28. The molecule has 7 nitrogen and oxygen atoms in total. The molecule has 2 amide bonds. The van der Waals surface area contributed by atoms with Crippen molar-refractivity contribution in [1.82, 2.24) is 0 Å². The number of aliphatic carboxylic acids is 2. The highest BCUT2D eigenvalue weighted by Crippen LogP contribution is 2.17. The van der Waals surface area contributed by atoms with Crippen molar-refractivity contribution in [3.8, 4) is 0 Å². The molecule has 0 saturated heterocycles. The van der Waals surface area contributed by atoms with Crippen LogP contribution in [0.3, 0.4) is 0 Å². The molecule has 2 aromatic carbocycles. The van der Waals surface area contributed by atoms with Crippen LogP contribution < -0.4 is 4.90 Å². The van der Waals surface area contributed by atoms with Crippen molar-refractivity contribution in [2.45, 2.75) is 0 Å². The lowest BCUT2D eigenvalue weighted by Gasteiger charge is -2.12. The average molecular weight is 393 g/mol. The molecule has 0 spiro atoms. The van der Waals surface area contributed by atoms with Crippen LogP contribution in [0.2, 0.25) is 0 Å². The maximum absolute atomic E-state index is 11.2. The Labute approximate surface area is 167 Å². The Kier molecular flexibility index (Phi) is 9.57. The lowest BCUT2D eigenvalue weighted by atomic mass is 10.2. The number of hydrogen-bond acceptors (Lipinski definition) is 4. The number of imide groups is 1. The van der Waals surface area contributed by atoms with Gasteiger partial charge in [-0.3, -0.25) is 9.59 Å². The molecule has 2 N–H and O–H groups in total. The minimum absolute atomic E-state index is 0.281. The van der Waals surface area contributed by atoms with Gasteiger partial charge in [0.2, 0.25) is 0 Å². The monoisotopic (exact) mass is 393 g/mol. The van der Waals surface area contributed by atoms with Crippen LogP contribution in [0.4, 0.5) is 5.69 Å². The molecule has 0 aromatic heterocycles. The number of carbonyl (C=O) groups is 4. The minimum atomic E-state index is -1.26. The molecule has 7 heteroatoms. The summed E-state index contributed by atoms with van der Waals surface area (Å²) in [4.78, 5) is 42.7. The second-order valence-electron chi connectivity index (χ2n) is 5.31. The lowest BCUT2D eigenvalue weighted by molar-refractivity contribution is -0.134. The van der Waals surface area contributed by atoms with Crippen LogP contribution in [0, 0.1) is 0 Å². The molecule has 1 aliphatic rings. The van der Waals surface area contributed by atoms with Crippen LogP contribution in [0.25, 0.3) is 6.08 Å². The summed E-state index contributed by atoms with van der Waals surface area (Å²) < 4.78 is 0. The normalized spacial score (nSPS) is 11.9. The average Bonchev–Trinajstić information content (AvgIpc) is 3.07. The van der Waals surface area contributed by atoms with Crippen molar-refractivity contribution in [3.05, 3.63) is 97.1 Å². The Bertz CT molecular complexity index is 883. The third-order valence-electron chi connectivity index (χ3n) is 3.23. The summed E-state index contributed by atoms with van der Waals surface area (Å²) in [6.45, 7) is 3.63. The van der Waals surface area contributed by atoms with E-state index < -0.39 is 11.9 Å². The fourth-order valence-electron chi connectivity index (χ4n) is 1.96. The molecule has 29 heavy (non-hydrogen) atoms. The Morgan fingerprint density at radius 3 is 1.52 bits per heavy atom. The van der Waals surface area contributed by atoms with Gasteiger partial charge >= 0.3 is 11.9 Å². The molecule has 148 valence electrons. The van der Waals surface area contributed by atoms with Crippen LogP contribution >= 0.6 is 0 Å². The van der Waals surface area contributed by atoms with E-state index in [-0.39, 0.29) is 11.8 Å². The van der Waals surface area contributed by atoms with Gasteiger partial charge in [-0.15, -0.1) is 0 Å². The van der Waals surface area contributed by atoms with E-state index in [4.69, 9.17) is 10.2 Å². The number of benzene rings is 2. The highest BCUT2D eigenvalue weighted by atomic mass is 16.4. The number of carboxylic acids is 2. The van der Waals surface area contributed by atoms with Crippen molar-refractivity contribution in [2.24, 2.45) is 0 Å². The number of hydrogen-bond donors (Lipinski definition) is 2. The second-order valence-corrected chi connectivity index (χ2v) is 5.31. The van der Waals surface area contributed by atoms with E-state index in [9.17, 15) is 19.2 Å². The number of nitrogens with zero attached hydrogens (tertiary/aromatic N) is 1. The Morgan fingerprint density at radius 2 is 1.17 bits per heavy atom. The number of para-hydroxylation sites is 1. The topological polar surface area (TPSA) is 112 Å². The Balaban J connectivity index is 0.000000230. The van der Waals surface area contributed by atoms with Crippen molar-refractivity contribution in [3.63, 3.8) is 0 Å². The Hall–Kier alpha value is -4.26. The van der Waals surface area contributed by atoms with E-state index in [0.29, 0.717) is 17.8 Å². The molecule has 2 aromatic rings. The fraction of sp³-hybridized carbons (Fsp3) is 0. The summed E-state index contributed by atoms with van der Waals surface area (Å²) in [6.07, 6.45) is 5.50. The summed E-state index contributed by atoms with van der Waals surface area (Å²) in [5.74, 6) is -3.08. The first kappa shape index (κ1) is 22.8. The van der Waals surface area contributed by atoms with Crippen molar-refractivity contribution >= 4 is 35.5 Å². The molecule has 0 fully saturated rings. The van der Waals surface area contributed by atoms with Gasteiger partial charge in [0, 0.05) is 24.3 Å². The first-order valence-electron chi connectivity index (χ1n) is 8.27. The summed E-state index contributed by atoms with van der Waals surface area (Å²) in [6, 6.07) is 18.9. The summed E-state index contributed by atoms with van der Waals surface area (Å²) in [7, 11) is 0. The first-order chi connectivity index (χ1) is 13.8. The van der Waals surface area contributed by atoms with E-state index in [1.165, 1.54) is 17.7 Å². The van der Waals surface area contributed by atoms with Gasteiger partial charge < -0.3 is 10.2 Å². The van der Waals surface area contributed by atoms with Gasteiger partial charge in [0.25, 0.3) is 11.8 Å². The quantitative estimate of drug-likeness (QED) is 0.610. The number of rotatable bonds is 4. The maximum atomic E-state index is 11.2. The van der Waals surface area contributed by atoms with Crippen molar-refractivity contribution in [1.29, 1.82) is 0 Å². The van der Waals surface area contributed by atoms with E-state index >= 15 is 0 Å². The van der Waals surface area contributed by atoms with E-state index in [0.717, 1.165) is 4.90 Å². The summed E-state index contributed by atoms with van der Waals surface area (Å²) in [5, 5.41) is 15.6. The zero-order valence-corrected chi connectivity index (χ0v) is 15.3. The molecular formula is C22H19NO6. The highest BCUT2D eigenvalue weighted by Gasteiger charge is 2.24. The van der Waals surface area contributed by atoms with Gasteiger partial charge in [-0.2, -0.15) is 0 Å². The summed E-state index contributed by atoms with van der Waals surface area (Å²) >= 11 is 0. The number of carbonyl (C=O) groups excluding carboxylic acids is 2. The minimum Gasteiger partial charge on any atom is -0.478 e. The van der Waals surface area contributed by atoms with Crippen LogP contribution in [-0.4, -0.2) is 34.0 Å². The molecule has 1 heterocycles. The van der Waals surface area contributed by atoms with E-state index in [2.05, 4.69) is 6.58 Å². The third-order valence-corrected chi connectivity index (χ3v) is 3.23. The molecule has 0 saturated carbocycles. The van der Waals surface area contributed by atoms with Crippen LogP contribution in [-0.2, 0) is 19.2 Å². The van der Waals surface area contributed by atoms with Crippen molar-refractivity contribution < 1.29 is 29.4 Å². The smallest absolute Gasteiger partial charge is 0.328 e. The molecule has 0 aliphatic carbocycles. The molecule has 0 radical (unpaired) electrons. The molecule has 0 unspecified atom stereocenters. The molecular weight excluding hydrogens is 374 g/mol. The molecule has 1 aliphatic heterocycles. The number of amides is 2. The summed E-state index contributed by atoms with van der Waals surface area (Å²) in [5.41, 5.74) is 1.79. The van der Waals surface area contributed by atoms with Gasteiger partial charge in [0.1, 0.15) is 0 Å². The predicted octanol–water partition coefficient (Wildman–Crippen LogP) is 3.16. The van der Waals surface area contributed by atoms with Crippen LogP contribution in [0.15, 0.2) is 91.5 Å². The SMILES string of the molecule is C=Cc1ccccc1.O=C(O)/C=C\C(=O)O.O=C1C=CC(=O)N1c1ccccc1. The van der Waals surface area contributed by atoms with Crippen molar-refractivity contribution in [2.75, 3.05) is 4.90 Å². The number of carboxylic acid groups (broad SMARTS) is 2. The van der Waals surface area contributed by atoms with Gasteiger partial charge in [0.15, 0.2) is 0 Å². The fourth-order valence-corrected chi connectivity index (χ4v) is 1.96. The predicted molar refractivity (Wildman–Crippen MR) is 109 cm³/mol. The van der Waals surface area contributed by atoms with Gasteiger partial charge in [-0.1, -0.05) is 61.2 Å². The maximum Gasteiger partial charge on any atom is 0.328 e. The molecule has 3 rings (SSSR count). The van der Waals surface area contributed by atoms with Crippen LogP contribution in [0.1, 0.15) is 5.56 Å². The molecule has 0 atom stereocenters. The van der Waals surface area contributed by atoms with Crippen LogP contribution in [0.5, 0.6) is 0 Å². The zero-order valence-electron chi connectivity index (χ0n) is 15.3. The lowest BCUT2D eigenvalue weighted by Crippen LogP contribution is -2.29. The standard InChI is InChI=1S/C10H7NO2.C8H8.C4H4O4/c12-9-6-7-10(13)11(9)8-4-2-1-3-5-8;1-2-8-6-4-3-5-7-8;5-3(6)1-2-4(7)8/h1-7H;2-7H,1H2;1-2H,(H,5,6)(H,7,8)/b;;2-1-. The van der Waals surface area contributed by atoms with E-state index in [1.54, 1.807) is 24.3 Å². The zero-order chi connectivity index (χ0) is 21.6. The second kappa shape index (κ2) is 12.2. The van der Waals surface area contributed by atoms with E-state index in [1.807, 2.05) is 42.5 Å². The Morgan fingerprint density at radius 1 is 0.759 bits per heavy atom. The largest absolute Gasteiger partial charge is 0.478 e. The van der Waals surface area contributed by atoms with Gasteiger partial charge in [-0.05, 0) is 17.7 Å². The first-order valence-corrected chi connectivity index (χ1v) is 8.27.